The molecule has 0 radical (unpaired) electrons. The van der Waals surface area contributed by atoms with Crippen molar-refractivity contribution in [3.63, 3.8) is 0 Å². The smallest absolute Gasteiger partial charge is 0.269 e. The van der Waals surface area contributed by atoms with Crippen LogP contribution in [-0.2, 0) is 11.2 Å². The molecule has 0 spiro atoms. The molecule has 5 aliphatic rings. The van der Waals surface area contributed by atoms with Crippen LogP contribution in [0.3, 0.4) is 0 Å². The van der Waals surface area contributed by atoms with Crippen molar-refractivity contribution in [2.45, 2.75) is 117 Å². The predicted molar refractivity (Wildman–Crippen MR) is 162 cm³/mol. The van der Waals surface area contributed by atoms with E-state index in [0.717, 1.165) is 38.5 Å². The molecule has 1 aromatic heterocycles. The van der Waals surface area contributed by atoms with Crippen LogP contribution in [0, 0.1) is 34.5 Å². The molecule has 0 amide bonds. The summed E-state index contributed by atoms with van der Waals surface area (Å²) in [7, 11) is 0. The van der Waals surface area contributed by atoms with Crippen molar-refractivity contribution >= 4 is 28.3 Å². The summed E-state index contributed by atoms with van der Waals surface area (Å²) in [5, 5.41) is 34.1. The van der Waals surface area contributed by atoms with E-state index in [-0.39, 0.29) is 50.9 Å². The molecule has 7 rings (SSSR count). The van der Waals surface area contributed by atoms with Gasteiger partial charge in [0.15, 0.2) is 17.3 Å². The Morgan fingerprint density at radius 3 is 1.95 bits per heavy atom. The molecule has 1 aromatic carbocycles. The number of allylic oxidation sites excluding steroid dienone is 1. The van der Waals surface area contributed by atoms with Crippen molar-refractivity contribution in [3.05, 3.63) is 28.5 Å². The zero-order chi connectivity index (χ0) is 29.4. The SMILES string of the molecule is C[C@@]12CCCC[C@@H]1CCC[C@@H]2CC1=C(O)c2c(oc3c(C[C@H]4CCC[C@H]5CCCC[C@]54C)c(O)c(O)cc23)C(=O)C1=O. The van der Waals surface area contributed by atoms with Gasteiger partial charge in [-0.05, 0) is 105 Å². The zero-order valence-corrected chi connectivity index (χ0v) is 25.3. The number of carbonyl (C=O) groups is 2. The highest BCUT2D eigenvalue weighted by Gasteiger charge is 2.48. The molecule has 6 nitrogen and oxygen atoms in total. The first-order valence-electron chi connectivity index (χ1n) is 16.6. The van der Waals surface area contributed by atoms with Crippen LogP contribution >= 0.6 is 0 Å². The number of hydrogen-bond acceptors (Lipinski definition) is 6. The van der Waals surface area contributed by atoms with E-state index in [1.54, 1.807) is 0 Å². The lowest BCUT2D eigenvalue weighted by atomic mass is 9.54. The topological polar surface area (TPSA) is 108 Å². The number of furan rings is 1. The van der Waals surface area contributed by atoms with Crippen molar-refractivity contribution in [1.82, 2.24) is 0 Å². The van der Waals surface area contributed by atoms with E-state index >= 15 is 0 Å². The van der Waals surface area contributed by atoms with E-state index in [4.69, 9.17) is 4.42 Å². The lowest BCUT2D eigenvalue weighted by molar-refractivity contribution is -0.112. The molecule has 0 saturated heterocycles. The minimum absolute atomic E-state index is 0.107. The minimum Gasteiger partial charge on any atom is -0.507 e. The van der Waals surface area contributed by atoms with Crippen LogP contribution in [0.25, 0.3) is 16.7 Å². The maximum absolute atomic E-state index is 13.5. The maximum Gasteiger partial charge on any atom is 0.269 e. The molecule has 6 heteroatoms. The molecule has 0 bridgehead atoms. The number of phenols is 2. The Hall–Kier alpha value is -2.76. The highest BCUT2D eigenvalue weighted by molar-refractivity contribution is 6.52. The van der Waals surface area contributed by atoms with Crippen molar-refractivity contribution in [3.8, 4) is 11.5 Å². The fourth-order valence-electron chi connectivity index (χ4n) is 10.5. The molecule has 5 aliphatic carbocycles. The second-order valence-corrected chi connectivity index (χ2v) is 15.0. The Morgan fingerprint density at radius 2 is 1.33 bits per heavy atom. The zero-order valence-electron chi connectivity index (χ0n) is 25.3. The summed E-state index contributed by atoms with van der Waals surface area (Å²) < 4.78 is 6.13. The van der Waals surface area contributed by atoms with Crippen LogP contribution in [0.1, 0.15) is 132 Å². The molecule has 226 valence electrons. The monoisotopic (exact) mass is 574 g/mol. The molecular weight excluding hydrogens is 528 g/mol. The van der Waals surface area contributed by atoms with E-state index in [9.17, 15) is 24.9 Å². The molecule has 6 atom stereocenters. The number of ketones is 2. The Balaban J connectivity index is 1.30. The molecule has 0 unspecified atom stereocenters. The van der Waals surface area contributed by atoms with Gasteiger partial charge in [0.05, 0.1) is 5.56 Å². The predicted octanol–water partition coefficient (Wildman–Crippen LogP) is 8.80. The van der Waals surface area contributed by atoms with E-state index in [2.05, 4.69) is 13.8 Å². The number of rotatable bonds is 4. The first-order valence-corrected chi connectivity index (χ1v) is 16.6. The summed E-state index contributed by atoms with van der Waals surface area (Å²) in [5.74, 6) is -0.472. The number of aliphatic hydroxyl groups is 1. The third-order valence-electron chi connectivity index (χ3n) is 13.1. The molecule has 4 fully saturated rings. The van der Waals surface area contributed by atoms with Gasteiger partial charge in [-0.3, -0.25) is 9.59 Å². The average molecular weight is 575 g/mol. The van der Waals surface area contributed by atoms with Crippen molar-refractivity contribution < 1.29 is 29.3 Å². The van der Waals surface area contributed by atoms with Crippen molar-refractivity contribution in [1.29, 1.82) is 0 Å². The summed E-state index contributed by atoms with van der Waals surface area (Å²) in [6.45, 7) is 4.73. The number of aromatic hydroxyl groups is 2. The van der Waals surface area contributed by atoms with Gasteiger partial charge in [-0.2, -0.15) is 0 Å². The van der Waals surface area contributed by atoms with E-state index in [1.165, 1.54) is 57.4 Å². The van der Waals surface area contributed by atoms with Gasteiger partial charge in [-0.15, -0.1) is 0 Å². The van der Waals surface area contributed by atoms with Gasteiger partial charge < -0.3 is 19.7 Å². The van der Waals surface area contributed by atoms with Crippen molar-refractivity contribution in [2.75, 3.05) is 0 Å². The third-order valence-corrected chi connectivity index (χ3v) is 13.1. The van der Waals surface area contributed by atoms with Crippen LogP contribution in [-0.4, -0.2) is 26.9 Å². The molecular formula is C36H46O6. The van der Waals surface area contributed by atoms with Crippen LogP contribution < -0.4 is 0 Å². The number of aliphatic hydroxyl groups excluding tert-OH is 1. The third kappa shape index (κ3) is 4.10. The van der Waals surface area contributed by atoms with Crippen LogP contribution in [0.2, 0.25) is 0 Å². The fraction of sp³-hybridized carbons (Fsp3) is 0.667. The highest BCUT2D eigenvalue weighted by atomic mass is 16.4. The molecule has 0 aliphatic heterocycles. The van der Waals surface area contributed by atoms with Gasteiger partial charge in [-0.25, -0.2) is 0 Å². The Labute approximate surface area is 248 Å². The largest absolute Gasteiger partial charge is 0.507 e. The lowest BCUT2D eigenvalue weighted by Crippen LogP contribution is -2.42. The summed E-state index contributed by atoms with van der Waals surface area (Å²) in [6, 6.07) is 1.39. The summed E-state index contributed by atoms with van der Waals surface area (Å²) in [5.41, 5.74) is 1.44. The lowest BCUT2D eigenvalue weighted by Gasteiger charge is -2.51. The molecule has 4 saturated carbocycles. The molecule has 2 aromatic rings. The Bertz CT molecular complexity index is 1480. The van der Waals surface area contributed by atoms with Gasteiger partial charge in [0.2, 0.25) is 5.78 Å². The summed E-state index contributed by atoms with van der Waals surface area (Å²) >= 11 is 0. The maximum atomic E-state index is 13.5. The second kappa shape index (κ2) is 10.2. The number of Topliss-reactive ketones (excluding diaryl/α,β-unsaturated/α-hetero) is 2. The summed E-state index contributed by atoms with van der Waals surface area (Å²) in [4.78, 5) is 27.1. The normalized spacial score (nSPS) is 35.2. The van der Waals surface area contributed by atoms with Gasteiger partial charge in [0.25, 0.3) is 5.78 Å². The van der Waals surface area contributed by atoms with E-state index < -0.39 is 11.6 Å². The van der Waals surface area contributed by atoms with Crippen LogP contribution in [0.4, 0.5) is 0 Å². The quantitative estimate of drug-likeness (QED) is 0.249. The Morgan fingerprint density at radius 1 is 0.762 bits per heavy atom. The molecule has 42 heavy (non-hydrogen) atoms. The fourth-order valence-corrected chi connectivity index (χ4v) is 10.5. The Kier molecular flexibility index (Phi) is 6.78. The first kappa shape index (κ1) is 28.0. The van der Waals surface area contributed by atoms with Gasteiger partial charge in [0, 0.05) is 16.5 Å². The average Bonchev–Trinajstić information content (AvgIpc) is 3.35. The van der Waals surface area contributed by atoms with Crippen LogP contribution in [0.5, 0.6) is 11.5 Å². The number of carbonyl (C=O) groups excluding carboxylic acids is 2. The number of benzene rings is 1. The number of hydrogen-bond donors (Lipinski definition) is 3. The van der Waals surface area contributed by atoms with Gasteiger partial charge >= 0.3 is 0 Å². The first-order chi connectivity index (χ1) is 20.1. The highest BCUT2D eigenvalue weighted by Crippen LogP contribution is 2.57. The van der Waals surface area contributed by atoms with Crippen molar-refractivity contribution in [2.24, 2.45) is 34.5 Å². The number of fused-ring (bicyclic) bond motifs is 5. The standard InChI is InChI=1S/C36H46O6/c1-35-15-5-3-9-20(35)11-7-13-22(35)17-25-30(39)28-24-19-27(37)29(38)26(33(24)42-34(28)32(41)31(25)40)18-23-14-8-12-21-10-4-6-16-36(21,23)2/h19-23,37-39H,3-18H2,1-2H3/t20-,21-,22-,23-,35-,36-/m1/s1. The summed E-state index contributed by atoms with van der Waals surface area (Å²) in [6.07, 6.45) is 17.3. The van der Waals surface area contributed by atoms with Gasteiger partial charge in [-0.1, -0.05) is 52.4 Å². The molecule has 3 N–H and O–H groups in total. The van der Waals surface area contributed by atoms with Gasteiger partial charge in [0.1, 0.15) is 11.3 Å². The number of phenolic OH excluding ortho intramolecular Hbond substituents is 2. The second-order valence-electron chi connectivity index (χ2n) is 15.0. The molecule has 1 heterocycles. The van der Waals surface area contributed by atoms with Crippen LogP contribution in [0.15, 0.2) is 16.1 Å². The van der Waals surface area contributed by atoms with E-state index in [1.807, 2.05) is 0 Å². The minimum atomic E-state index is -0.739. The van der Waals surface area contributed by atoms with E-state index in [0.29, 0.717) is 47.1 Å².